The fourth-order valence-electron chi connectivity index (χ4n) is 3.35. The topological polar surface area (TPSA) is 44.8 Å². The zero-order chi connectivity index (χ0) is 15.0. The summed E-state index contributed by atoms with van der Waals surface area (Å²) in [6.45, 7) is 15.4. The quantitative estimate of drug-likeness (QED) is 0.810. The van der Waals surface area contributed by atoms with Gasteiger partial charge in [0, 0.05) is 39.3 Å². The van der Waals surface area contributed by atoms with Crippen LogP contribution in [0.25, 0.3) is 0 Å². The van der Waals surface area contributed by atoms with E-state index in [-0.39, 0.29) is 17.6 Å². The number of carbonyl (C=O) groups excluding carboxylic acids is 1. The lowest BCUT2D eigenvalue weighted by atomic mass is 9.96. The Balaban J connectivity index is 2.08. The normalized spacial score (nSPS) is 28.4. The van der Waals surface area contributed by atoms with Crippen molar-refractivity contribution in [2.45, 2.75) is 51.9 Å². The molecule has 0 aromatic heterocycles. The van der Waals surface area contributed by atoms with Gasteiger partial charge in [0.05, 0.1) is 17.2 Å². The molecule has 0 saturated carbocycles. The standard InChI is InChI=1S/C15H29N3O2/c1-12-10-17(11-14(2,3)20-12)13(19)15(4,5)18-8-6-16-7-9-18/h12,16H,6-11H2,1-5H3. The van der Waals surface area contributed by atoms with Gasteiger partial charge in [0.25, 0.3) is 0 Å². The van der Waals surface area contributed by atoms with E-state index in [0.29, 0.717) is 13.1 Å². The summed E-state index contributed by atoms with van der Waals surface area (Å²) < 4.78 is 5.89. The van der Waals surface area contributed by atoms with E-state index < -0.39 is 5.54 Å². The van der Waals surface area contributed by atoms with E-state index in [0.717, 1.165) is 26.2 Å². The van der Waals surface area contributed by atoms with Crippen LogP contribution in [0, 0.1) is 0 Å². The van der Waals surface area contributed by atoms with E-state index in [1.54, 1.807) is 0 Å². The molecule has 2 heterocycles. The highest BCUT2D eigenvalue weighted by atomic mass is 16.5. The molecule has 2 aliphatic heterocycles. The van der Waals surface area contributed by atoms with Gasteiger partial charge in [-0.25, -0.2) is 0 Å². The van der Waals surface area contributed by atoms with Crippen molar-refractivity contribution in [3.05, 3.63) is 0 Å². The van der Waals surface area contributed by atoms with Crippen LogP contribution >= 0.6 is 0 Å². The average Bonchev–Trinajstić information content (AvgIpc) is 2.36. The summed E-state index contributed by atoms with van der Waals surface area (Å²) in [6.07, 6.45) is 0.0986. The van der Waals surface area contributed by atoms with E-state index in [9.17, 15) is 4.79 Å². The molecular formula is C15H29N3O2. The highest BCUT2D eigenvalue weighted by Gasteiger charge is 2.42. The van der Waals surface area contributed by atoms with Gasteiger partial charge in [-0.15, -0.1) is 0 Å². The Morgan fingerprint density at radius 3 is 2.45 bits per heavy atom. The van der Waals surface area contributed by atoms with E-state index in [2.05, 4.69) is 24.1 Å². The number of rotatable bonds is 2. The first-order valence-corrected chi connectivity index (χ1v) is 7.65. The second-order valence-corrected chi connectivity index (χ2v) is 7.17. The number of amides is 1. The fraction of sp³-hybridized carbons (Fsp3) is 0.933. The first kappa shape index (κ1) is 15.7. The molecule has 5 nitrogen and oxygen atoms in total. The van der Waals surface area contributed by atoms with E-state index in [4.69, 9.17) is 4.74 Å². The maximum absolute atomic E-state index is 13.0. The van der Waals surface area contributed by atoms with Gasteiger partial charge in [-0.3, -0.25) is 9.69 Å². The molecule has 1 atom stereocenters. The first-order chi connectivity index (χ1) is 9.22. The van der Waals surface area contributed by atoms with Crippen LogP contribution < -0.4 is 5.32 Å². The Kier molecular flexibility index (Phi) is 4.42. The molecule has 0 radical (unpaired) electrons. The van der Waals surface area contributed by atoms with Gasteiger partial charge < -0.3 is 15.0 Å². The van der Waals surface area contributed by atoms with Crippen molar-refractivity contribution in [3.8, 4) is 0 Å². The van der Waals surface area contributed by atoms with E-state index in [1.807, 2.05) is 25.7 Å². The maximum atomic E-state index is 13.0. The number of nitrogens with one attached hydrogen (secondary N) is 1. The number of nitrogens with zero attached hydrogens (tertiary/aromatic N) is 2. The smallest absolute Gasteiger partial charge is 0.242 e. The van der Waals surface area contributed by atoms with Gasteiger partial charge >= 0.3 is 0 Å². The molecule has 0 bridgehead atoms. The van der Waals surface area contributed by atoms with Crippen molar-refractivity contribution in [2.24, 2.45) is 0 Å². The minimum atomic E-state index is -0.435. The van der Waals surface area contributed by atoms with Gasteiger partial charge in [0.1, 0.15) is 0 Å². The molecule has 0 spiro atoms. The van der Waals surface area contributed by atoms with E-state index >= 15 is 0 Å². The van der Waals surface area contributed by atoms with Crippen LogP contribution in [0.5, 0.6) is 0 Å². The molecule has 2 aliphatic rings. The van der Waals surface area contributed by atoms with Crippen molar-refractivity contribution in [1.82, 2.24) is 15.1 Å². The summed E-state index contributed by atoms with van der Waals surface area (Å²) in [5.74, 6) is 0.225. The van der Waals surface area contributed by atoms with Gasteiger partial charge in [0.15, 0.2) is 0 Å². The molecule has 0 aliphatic carbocycles. The fourth-order valence-corrected chi connectivity index (χ4v) is 3.35. The van der Waals surface area contributed by atoms with Crippen LogP contribution in [0.2, 0.25) is 0 Å². The zero-order valence-electron chi connectivity index (χ0n) is 13.5. The number of carbonyl (C=O) groups is 1. The van der Waals surface area contributed by atoms with Crippen LogP contribution in [-0.4, -0.2) is 72.2 Å². The van der Waals surface area contributed by atoms with E-state index in [1.165, 1.54) is 0 Å². The first-order valence-electron chi connectivity index (χ1n) is 7.65. The number of morpholine rings is 1. The Bertz CT molecular complexity index is 362. The molecule has 2 rings (SSSR count). The lowest BCUT2D eigenvalue weighted by Crippen LogP contribution is -2.64. The van der Waals surface area contributed by atoms with Gasteiger partial charge in [-0.2, -0.15) is 0 Å². The molecular weight excluding hydrogens is 254 g/mol. The molecule has 1 N–H and O–H groups in total. The minimum Gasteiger partial charge on any atom is -0.369 e. The highest BCUT2D eigenvalue weighted by molar-refractivity contribution is 5.85. The third-order valence-electron chi connectivity index (χ3n) is 4.29. The third kappa shape index (κ3) is 3.32. The van der Waals surface area contributed by atoms with Gasteiger partial charge in [-0.1, -0.05) is 0 Å². The molecule has 5 heteroatoms. The van der Waals surface area contributed by atoms with Crippen LogP contribution in [0.15, 0.2) is 0 Å². The second-order valence-electron chi connectivity index (χ2n) is 7.17. The summed E-state index contributed by atoms with van der Waals surface area (Å²) in [7, 11) is 0. The average molecular weight is 283 g/mol. The summed E-state index contributed by atoms with van der Waals surface area (Å²) in [5, 5.41) is 3.34. The predicted molar refractivity (Wildman–Crippen MR) is 79.7 cm³/mol. The molecule has 2 fully saturated rings. The van der Waals surface area contributed by atoms with Gasteiger partial charge in [0.2, 0.25) is 5.91 Å². The molecule has 20 heavy (non-hydrogen) atoms. The Morgan fingerprint density at radius 1 is 1.30 bits per heavy atom. The number of hydrogen-bond donors (Lipinski definition) is 1. The maximum Gasteiger partial charge on any atom is 0.242 e. The largest absolute Gasteiger partial charge is 0.369 e. The lowest BCUT2D eigenvalue weighted by Gasteiger charge is -2.47. The number of hydrogen-bond acceptors (Lipinski definition) is 4. The Labute approximate surface area is 122 Å². The van der Waals surface area contributed by atoms with Crippen molar-refractivity contribution < 1.29 is 9.53 Å². The summed E-state index contributed by atoms with van der Waals surface area (Å²) in [6, 6.07) is 0. The zero-order valence-corrected chi connectivity index (χ0v) is 13.5. The summed E-state index contributed by atoms with van der Waals surface area (Å²) in [4.78, 5) is 17.2. The predicted octanol–water partition coefficient (Wildman–Crippen LogP) is 0.696. The molecule has 2 saturated heterocycles. The van der Waals surface area contributed by atoms with Gasteiger partial charge in [-0.05, 0) is 34.6 Å². The molecule has 116 valence electrons. The van der Waals surface area contributed by atoms with Crippen molar-refractivity contribution in [3.63, 3.8) is 0 Å². The summed E-state index contributed by atoms with van der Waals surface area (Å²) >= 11 is 0. The Morgan fingerprint density at radius 2 is 1.90 bits per heavy atom. The molecule has 0 aromatic rings. The second kappa shape index (κ2) is 5.62. The van der Waals surface area contributed by atoms with Crippen LogP contribution in [0.3, 0.4) is 0 Å². The van der Waals surface area contributed by atoms with Crippen LogP contribution in [0.1, 0.15) is 34.6 Å². The van der Waals surface area contributed by atoms with Crippen LogP contribution in [0.4, 0.5) is 0 Å². The van der Waals surface area contributed by atoms with Crippen molar-refractivity contribution in [1.29, 1.82) is 0 Å². The monoisotopic (exact) mass is 283 g/mol. The molecule has 0 aromatic carbocycles. The van der Waals surface area contributed by atoms with Crippen molar-refractivity contribution in [2.75, 3.05) is 39.3 Å². The Hall–Kier alpha value is -0.650. The van der Waals surface area contributed by atoms with Crippen molar-refractivity contribution >= 4 is 5.91 Å². The molecule has 1 amide bonds. The number of ether oxygens (including phenoxy) is 1. The lowest BCUT2D eigenvalue weighted by molar-refractivity contribution is -0.167. The minimum absolute atomic E-state index is 0.0986. The number of piperazine rings is 1. The highest BCUT2D eigenvalue weighted by Crippen LogP contribution is 2.25. The SMILES string of the molecule is CC1CN(C(=O)C(C)(C)N2CCNCC2)CC(C)(C)O1. The third-order valence-corrected chi connectivity index (χ3v) is 4.29. The summed E-state index contributed by atoms with van der Waals surface area (Å²) in [5.41, 5.74) is -0.692. The van der Waals surface area contributed by atoms with Crippen LogP contribution in [-0.2, 0) is 9.53 Å². The molecule has 1 unspecified atom stereocenters.